The van der Waals surface area contributed by atoms with Crippen molar-refractivity contribution in [2.24, 2.45) is 0 Å². The Bertz CT molecular complexity index is 76.6. The van der Waals surface area contributed by atoms with Crippen molar-refractivity contribution in [1.82, 2.24) is 0 Å². The fourth-order valence-corrected chi connectivity index (χ4v) is 0.442. The van der Waals surface area contributed by atoms with Crippen molar-refractivity contribution < 1.29 is 9.84 Å². The van der Waals surface area contributed by atoms with E-state index < -0.39 is 0 Å². The minimum atomic E-state index is 0.106. The first kappa shape index (κ1) is 7.66. The number of aliphatic hydroxyl groups is 1. The van der Waals surface area contributed by atoms with Crippen molar-refractivity contribution in [3.63, 3.8) is 0 Å². The summed E-state index contributed by atoms with van der Waals surface area (Å²) >= 11 is 0. The maximum Gasteiger partial charge on any atom is 0.0671 e. The maximum absolute atomic E-state index is 8.33. The van der Waals surface area contributed by atoms with E-state index in [9.17, 15) is 0 Å². The molecule has 8 heavy (non-hydrogen) atoms. The van der Waals surface area contributed by atoms with Crippen LogP contribution in [0.1, 0.15) is 6.92 Å². The largest absolute Gasteiger partial charge is 0.392 e. The summed E-state index contributed by atoms with van der Waals surface area (Å²) in [5, 5.41) is 8.33. The van der Waals surface area contributed by atoms with Gasteiger partial charge in [0.05, 0.1) is 13.2 Å². The summed E-state index contributed by atoms with van der Waals surface area (Å²) in [4.78, 5) is 0. The molecule has 0 unspecified atom stereocenters. The Morgan fingerprint density at radius 2 is 2.38 bits per heavy atom. The van der Waals surface area contributed by atoms with Crippen LogP contribution in [0.4, 0.5) is 0 Å². The zero-order valence-electron chi connectivity index (χ0n) is 5.35. The molecule has 0 aromatic rings. The molecule has 2 nitrogen and oxygen atoms in total. The average molecular weight is 116 g/mol. The standard InChI is InChI=1S/C6H12O2/c1-6(3-4-7)5-8-2/h3,7H,4-5H2,1-2H3/b6-3+. The number of methoxy groups -OCH3 is 1. The van der Waals surface area contributed by atoms with Crippen LogP contribution in [0.15, 0.2) is 11.6 Å². The number of ether oxygens (including phenoxy) is 1. The van der Waals surface area contributed by atoms with E-state index in [1.807, 2.05) is 6.92 Å². The average Bonchev–Trinajstić information content (AvgIpc) is 1.68. The quantitative estimate of drug-likeness (QED) is 0.546. The smallest absolute Gasteiger partial charge is 0.0671 e. The molecule has 0 saturated carbocycles. The first-order valence-electron chi connectivity index (χ1n) is 2.56. The molecule has 48 valence electrons. The monoisotopic (exact) mass is 116 g/mol. The summed E-state index contributed by atoms with van der Waals surface area (Å²) in [7, 11) is 1.63. The highest BCUT2D eigenvalue weighted by atomic mass is 16.5. The molecule has 0 aliphatic rings. The number of rotatable bonds is 3. The molecule has 0 aromatic carbocycles. The highest BCUT2D eigenvalue weighted by Crippen LogP contribution is 1.89. The van der Waals surface area contributed by atoms with Gasteiger partial charge in [0, 0.05) is 7.11 Å². The van der Waals surface area contributed by atoms with Crippen LogP contribution in [0, 0.1) is 0 Å². The van der Waals surface area contributed by atoms with Crippen molar-refractivity contribution in [2.45, 2.75) is 6.92 Å². The molecule has 0 spiro atoms. The summed E-state index contributed by atoms with van der Waals surface area (Å²) < 4.78 is 4.78. The molecular formula is C6H12O2. The van der Waals surface area contributed by atoms with Crippen LogP contribution in [0.2, 0.25) is 0 Å². The van der Waals surface area contributed by atoms with Gasteiger partial charge in [-0.1, -0.05) is 6.08 Å². The minimum absolute atomic E-state index is 0.106. The molecule has 0 fully saturated rings. The molecule has 0 radical (unpaired) electrons. The van der Waals surface area contributed by atoms with E-state index in [1.54, 1.807) is 13.2 Å². The first-order chi connectivity index (χ1) is 3.81. The molecule has 0 heterocycles. The second-order valence-electron chi connectivity index (χ2n) is 1.67. The second kappa shape index (κ2) is 4.81. The second-order valence-corrected chi connectivity index (χ2v) is 1.67. The zero-order chi connectivity index (χ0) is 6.41. The van der Waals surface area contributed by atoms with Gasteiger partial charge in [0.1, 0.15) is 0 Å². The fraction of sp³-hybridized carbons (Fsp3) is 0.667. The molecule has 0 aromatic heterocycles. The van der Waals surface area contributed by atoms with Crippen LogP contribution in [0.5, 0.6) is 0 Å². The van der Waals surface area contributed by atoms with Gasteiger partial charge in [0.2, 0.25) is 0 Å². The van der Waals surface area contributed by atoms with Crippen LogP contribution < -0.4 is 0 Å². The van der Waals surface area contributed by atoms with Crippen molar-refractivity contribution in [3.8, 4) is 0 Å². The highest BCUT2D eigenvalue weighted by Gasteiger charge is 1.82. The van der Waals surface area contributed by atoms with Gasteiger partial charge in [-0.05, 0) is 12.5 Å². The predicted octanol–water partition coefficient (Wildman–Crippen LogP) is 0.571. The molecule has 0 aliphatic heterocycles. The topological polar surface area (TPSA) is 29.5 Å². The molecule has 0 amide bonds. The fourth-order valence-electron chi connectivity index (χ4n) is 0.442. The van der Waals surface area contributed by atoms with E-state index in [0.717, 1.165) is 5.57 Å². The lowest BCUT2D eigenvalue weighted by Crippen LogP contribution is -1.90. The lowest BCUT2D eigenvalue weighted by Gasteiger charge is -1.94. The predicted molar refractivity (Wildman–Crippen MR) is 32.7 cm³/mol. The molecule has 0 bridgehead atoms. The third-order valence-corrected chi connectivity index (χ3v) is 0.812. The third kappa shape index (κ3) is 3.84. The molecule has 2 heteroatoms. The van der Waals surface area contributed by atoms with Gasteiger partial charge >= 0.3 is 0 Å². The van der Waals surface area contributed by atoms with Gasteiger partial charge in [-0.15, -0.1) is 0 Å². The van der Waals surface area contributed by atoms with Crippen molar-refractivity contribution in [3.05, 3.63) is 11.6 Å². The van der Waals surface area contributed by atoms with E-state index >= 15 is 0 Å². The Balaban J connectivity index is 3.29. The van der Waals surface area contributed by atoms with E-state index in [0.29, 0.717) is 6.61 Å². The zero-order valence-corrected chi connectivity index (χ0v) is 5.35. The van der Waals surface area contributed by atoms with Crippen LogP contribution >= 0.6 is 0 Å². The van der Waals surface area contributed by atoms with Gasteiger partial charge in [-0.3, -0.25) is 0 Å². The van der Waals surface area contributed by atoms with Gasteiger partial charge in [-0.2, -0.15) is 0 Å². The van der Waals surface area contributed by atoms with Crippen LogP contribution in [0.25, 0.3) is 0 Å². The summed E-state index contributed by atoms with van der Waals surface area (Å²) in [6.45, 7) is 2.63. The molecule has 0 atom stereocenters. The summed E-state index contributed by atoms with van der Waals surface area (Å²) in [5.41, 5.74) is 1.06. The van der Waals surface area contributed by atoms with E-state index in [-0.39, 0.29) is 6.61 Å². The summed E-state index contributed by atoms with van der Waals surface area (Å²) in [6.07, 6.45) is 1.73. The molecule has 0 rings (SSSR count). The molecular weight excluding hydrogens is 104 g/mol. The Kier molecular flexibility index (Phi) is 4.61. The Labute approximate surface area is 49.8 Å². The van der Waals surface area contributed by atoms with Crippen LogP contribution in [-0.2, 0) is 4.74 Å². The van der Waals surface area contributed by atoms with E-state index in [4.69, 9.17) is 9.84 Å². The van der Waals surface area contributed by atoms with E-state index in [2.05, 4.69) is 0 Å². The Morgan fingerprint density at radius 3 is 2.75 bits per heavy atom. The summed E-state index contributed by atoms with van der Waals surface area (Å²) in [6, 6.07) is 0. The van der Waals surface area contributed by atoms with Crippen molar-refractivity contribution in [1.29, 1.82) is 0 Å². The van der Waals surface area contributed by atoms with Gasteiger partial charge in [-0.25, -0.2) is 0 Å². The first-order valence-corrected chi connectivity index (χ1v) is 2.56. The normalized spacial score (nSPS) is 12.1. The van der Waals surface area contributed by atoms with E-state index in [1.165, 1.54) is 0 Å². The van der Waals surface area contributed by atoms with Crippen molar-refractivity contribution >= 4 is 0 Å². The van der Waals surface area contributed by atoms with Gasteiger partial charge in [0.25, 0.3) is 0 Å². The third-order valence-electron chi connectivity index (χ3n) is 0.812. The number of hydrogen-bond donors (Lipinski definition) is 1. The van der Waals surface area contributed by atoms with Crippen LogP contribution in [0.3, 0.4) is 0 Å². The molecule has 0 saturated heterocycles. The lowest BCUT2D eigenvalue weighted by molar-refractivity contribution is 0.224. The molecule has 0 aliphatic carbocycles. The number of aliphatic hydroxyl groups excluding tert-OH is 1. The Hall–Kier alpha value is -0.340. The van der Waals surface area contributed by atoms with Crippen LogP contribution in [-0.4, -0.2) is 25.4 Å². The SMILES string of the molecule is COC/C(C)=C/CO. The minimum Gasteiger partial charge on any atom is -0.392 e. The molecule has 1 N–H and O–H groups in total. The number of hydrogen-bond acceptors (Lipinski definition) is 2. The maximum atomic E-state index is 8.33. The van der Waals surface area contributed by atoms with Gasteiger partial charge < -0.3 is 9.84 Å². The lowest BCUT2D eigenvalue weighted by atomic mass is 10.3. The van der Waals surface area contributed by atoms with Crippen molar-refractivity contribution in [2.75, 3.05) is 20.3 Å². The summed E-state index contributed by atoms with van der Waals surface area (Å²) in [5.74, 6) is 0. The van der Waals surface area contributed by atoms with Gasteiger partial charge in [0.15, 0.2) is 0 Å². The highest BCUT2D eigenvalue weighted by molar-refractivity contribution is 4.97. The Morgan fingerprint density at radius 1 is 1.75 bits per heavy atom.